The summed E-state index contributed by atoms with van der Waals surface area (Å²) in [6.45, 7) is 1.74. The summed E-state index contributed by atoms with van der Waals surface area (Å²) in [7, 11) is 0. The molecule has 5 amide bonds. The molecule has 17 heteroatoms. The first kappa shape index (κ1) is 38.6. The van der Waals surface area contributed by atoms with E-state index in [2.05, 4.69) is 31.9 Å². The van der Waals surface area contributed by atoms with Crippen molar-refractivity contribution in [1.82, 2.24) is 25.8 Å². The lowest BCUT2D eigenvalue weighted by molar-refractivity contribution is -0.139. The average molecular weight is 661 g/mol. The van der Waals surface area contributed by atoms with Crippen LogP contribution in [-0.2, 0) is 24.0 Å². The Labute approximate surface area is 276 Å². The summed E-state index contributed by atoms with van der Waals surface area (Å²) in [5.74, 6) is 0.328. The van der Waals surface area contributed by atoms with Gasteiger partial charge in [-0.15, -0.1) is 12.3 Å². The first-order valence-electron chi connectivity index (χ1n) is 16.2. The number of rotatable bonds is 20. The number of hydrogen-bond acceptors (Lipinski definition) is 8. The Morgan fingerprint density at radius 1 is 0.851 bits per heavy atom. The van der Waals surface area contributed by atoms with Crippen LogP contribution in [0.1, 0.15) is 70.6 Å². The third-order valence-electron chi connectivity index (χ3n) is 8.11. The lowest BCUT2D eigenvalue weighted by Crippen LogP contribution is -2.54. The molecule has 2 rings (SSSR count). The third-order valence-corrected chi connectivity index (χ3v) is 8.11. The lowest BCUT2D eigenvalue weighted by Gasteiger charge is -2.28. The van der Waals surface area contributed by atoms with E-state index in [-0.39, 0.29) is 49.8 Å². The summed E-state index contributed by atoms with van der Waals surface area (Å²) < 4.78 is 0. The standard InChI is InChI=1S/C30H52N12O5/c1-2-3-4-13-25(44)42-17-8-12-23(42)28(47)40-21(10-6-15-37-30(34)35)27(46)38-18-24(43)39-20(9-5-14-36-29(32)33)19-41-16-7-11-22(41)26(31)45/h1,20-23H,3-19H2,(H2,31,45)(H,38,46)(H,39,43)(H,40,47)(H4,32,33,36)(H4,34,35,37)/t20-,21-,22-,23-/m0/s1. The maximum atomic E-state index is 13.3. The second kappa shape index (κ2) is 20.5. The number of carbonyl (C=O) groups excluding carboxylic acids is 5. The van der Waals surface area contributed by atoms with Gasteiger partial charge in [-0.2, -0.15) is 0 Å². The highest BCUT2D eigenvalue weighted by Crippen LogP contribution is 2.20. The number of nitrogens with zero attached hydrogens (tertiary/aromatic N) is 4. The molecule has 47 heavy (non-hydrogen) atoms. The number of unbranched alkanes of at least 4 members (excludes halogenated alkanes) is 1. The molecule has 262 valence electrons. The van der Waals surface area contributed by atoms with Gasteiger partial charge in [-0.3, -0.25) is 38.9 Å². The molecule has 0 radical (unpaired) electrons. The van der Waals surface area contributed by atoms with E-state index < -0.39 is 41.8 Å². The van der Waals surface area contributed by atoms with Crippen LogP contribution < -0.4 is 44.6 Å². The van der Waals surface area contributed by atoms with Crippen LogP contribution in [0, 0.1) is 12.3 Å². The molecule has 2 saturated heterocycles. The number of nitrogens with two attached hydrogens (primary N) is 5. The van der Waals surface area contributed by atoms with Crippen LogP contribution in [0.15, 0.2) is 9.98 Å². The highest BCUT2D eigenvalue weighted by atomic mass is 16.2. The average Bonchev–Trinajstić information content (AvgIpc) is 3.70. The molecular weight excluding hydrogens is 608 g/mol. The third kappa shape index (κ3) is 14.2. The van der Waals surface area contributed by atoms with E-state index in [4.69, 9.17) is 35.1 Å². The van der Waals surface area contributed by atoms with Crippen LogP contribution in [-0.4, -0.2) is 115 Å². The van der Waals surface area contributed by atoms with Gasteiger partial charge in [-0.1, -0.05) is 0 Å². The number of hydrogen-bond donors (Lipinski definition) is 8. The van der Waals surface area contributed by atoms with Gasteiger partial charge >= 0.3 is 0 Å². The second-order valence-corrected chi connectivity index (χ2v) is 11.8. The Bertz CT molecular complexity index is 1180. The van der Waals surface area contributed by atoms with Crippen molar-refractivity contribution in [1.29, 1.82) is 0 Å². The molecule has 0 aliphatic carbocycles. The number of carbonyl (C=O) groups is 5. The second-order valence-electron chi connectivity index (χ2n) is 11.8. The quantitative estimate of drug-likeness (QED) is 0.0282. The summed E-state index contributed by atoms with van der Waals surface area (Å²) in [6, 6.07) is -2.49. The lowest BCUT2D eigenvalue weighted by atomic mass is 10.1. The number of amides is 5. The summed E-state index contributed by atoms with van der Waals surface area (Å²) in [5, 5.41) is 8.31. The normalized spacial score (nSPS) is 18.7. The number of nitrogens with one attached hydrogen (secondary N) is 3. The molecule has 2 heterocycles. The number of aliphatic imine (C=N–C) groups is 2. The maximum Gasteiger partial charge on any atom is 0.243 e. The van der Waals surface area contributed by atoms with E-state index in [1.54, 1.807) is 0 Å². The van der Waals surface area contributed by atoms with Gasteiger partial charge in [0.25, 0.3) is 0 Å². The number of likely N-dealkylation sites (tertiary alicyclic amines) is 2. The van der Waals surface area contributed by atoms with Gasteiger partial charge in [-0.25, -0.2) is 0 Å². The number of terminal acetylenes is 1. The topological polar surface area (TPSA) is 283 Å². The molecular formula is C30H52N12O5. The Hall–Kier alpha value is -4.59. The van der Waals surface area contributed by atoms with Crippen LogP contribution in [0.4, 0.5) is 0 Å². The molecule has 0 aromatic heterocycles. The minimum Gasteiger partial charge on any atom is -0.370 e. The summed E-state index contributed by atoms with van der Waals surface area (Å²) in [5.41, 5.74) is 27.2. The van der Waals surface area contributed by atoms with E-state index in [1.807, 2.05) is 4.90 Å². The van der Waals surface area contributed by atoms with Crippen molar-refractivity contribution in [2.45, 2.75) is 94.8 Å². The van der Waals surface area contributed by atoms with Gasteiger partial charge in [0.2, 0.25) is 29.5 Å². The van der Waals surface area contributed by atoms with E-state index in [1.165, 1.54) is 4.90 Å². The highest BCUT2D eigenvalue weighted by molar-refractivity contribution is 5.93. The molecule has 0 spiro atoms. The fourth-order valence-electron chi connectivity index (χ4n) is 5.84. The summed E-state index contributed by atoms with van der Waals surface area (Å²) in [6.07, 6.45) is 10.7. The molecule has 0 aromatic rings. The van der Waals surface area contributed by atoms with E-state index >= 15 is 0 Å². The molecule has 4 atom stereocenters. The van der Waals surface area contributed by atoms with E-state index in [0.29, 0.717) is 77.5 Å². The molecule has 2 aliphatic heterocycles. The van der Waals surface area contributed by atoms with E-state index in [0.717, 1.165) is 6.42 Å². The predicted molar refractivity (Wildman–Crippen MR) is 178 cm³/mol. The van der Waals surface area contributed by atoms with Gasteiger partial charge in [0.1, 0.15) is 12.1 Å². The van der Waals surface area contributed by atoms with Crippen molar-refractivity contribution in [3.8, 4) is 12.3 Å². The van der Waals surface area contributed by atoms with Gasteiger partial charge < -0.3 is 49.5 Å². The summed E-state index contributed by atoms with van der Waals surface area (Å²) in [4.78, 5) is 75.6. The largest absolute Gasteiger partial charge is 0.370 e. The minimum atomic E-state index is -1.00. The zero-order valence-corrected chi connectivity index (χ0v) is 27.1. The molecule has 2 fully saturated rings. The molecule has 0 saturated carbocycles. The SMILES string of the molecule is C#CCCCC(=O)N1CCC[C@H]1C(=O)N[C@@H](CCCN=C(N)N)C(=O)NCC(=O)N[C@@H](CCCN=C(N)N)CN1CCC[C@H]1C(N)=O. The van der Waals surface area contributed by atoms with Gasteiger partial charge in [0.05, 0.1) is 12.6 Å². The Balaban J connectivity index is 2.03. The van der Waals surface area contributed by atoms with Gasteiger partial charge in [0.15, 0.2) is 11.9 Å². The van der Waals surface area contributed by atoms with Crippen molar-refractivity contribution >= 4 is 41.5 Å². The van der Waals surface area contributed by atoms with Crippen molar-refractivity contribution < 1.29 is 24.0 Å². The van der Waals surface area contributed by atoms with Crippen molar-refractivity contribution in [3.05, 3.63) is 0 Å². The molecule has 13 N–H and O–H groups in total. The minimum absolute atomic E-state index is 0.0334. The van der Waals surface area contributed by atoms with Crippen molar-refractivity contribution in [2.24, 2.45) is 38.7 Å². The summed E-state index contributed by atoms with van der Waals surface area (Å²) >= 11 is 0. The Kier molecular flexibility index (Phi) is 16.8. The molecule has 17 nitrogen and oxygen atoms in total. The Morgan fingerprint density at radius 2 is 1.49 bits per heavy atom. The van der Waals surface area contributed by atoms with Crippen LogP contribution in [0.25, 0.3) is 0 Å². The number of primary amides is 1. The van der Waals surface area contributed by atoms with Crippen LogP contribution in [0.5, 0.6) is 0 Å². The number of guanidine groups is 2. The monoisotopic (exact) mass is 660 g/mol. The Morgan fingerprint density at radius 3 is 2.13 bits per heavy atom. The molecule has 0 unspecified atom stereocenters. The first-order valence-corrected chi connectivity index (χ1v) is 16.2. The molecule has 0 bridgehead atoms. The maximum absolute atomic E-state index is 13.3. The van der Waals surface area contributed by atoms with Crippen molar-refractivity contribution in [2.75, 3.05) is 39.3 Å². The zero-order chi connectivity index (χ0) is 34.8. The van der Waals surface area contributed by atoms with Crippen molar-refractivity contribution in [3.63, 3.8) is 0 Å². The first-order chi connectivity index (χ1) is 22.4. The molecule has 0 aromatic carbocycles. The van der Waals surface area contributed by atoms with Crippen LogP contribution >= 0.6 is 0 Å². The van der Waals surface area contributed by atoms with Crippen LogP contribution in [0.3, 0.4) is 0 Å². The van der Waals surface area contributed by atoms with Crippen LogP contribution in [0.2, 0.25) is 0 Å². The zero-order valence-electron chi connectivity index (χ0n) is 27.1. The smallest absolute Gasteiger partial charge is 0.243 e. The molecule has 2 aliphatic rings. The van der Waals surface area contributed by atoms with Gasteiger partial charge in [-0.05, 0) is 64.3 Å². The van der Waals surface area contributed by atoms with Gasteiger partial charge in [0, 0.05) is 45.1 Å². The fraction of sp³-hybridized carbons (Fsp3) is 0.700. The van der Waals surface area contributed by atoms with E-state index in [9.17, 15) is 24.0 Å². The highest BCUT2D eigenvalue weighted by Gasteiger charge is 2.36. The fourth-order valence-corrected chi connectivity index (χ4v) is 5.84. The predicted octanol–water partition coefficient (Wildman–Crippen LogP) is -3.08.